The summed E-state index contributed by atoms with van der Waals surface area (Å²) in [6.45, 7) is 1.89. The third-order valence-electron chi connectivity index (χ3n) is 4.44. The van der Waals surface area contributed by atoms with Gasteiger partial charge in [-0.25, -0.2) is 9.07 Å². The van der Waals surface area contributed by atoms with Crippen LogP contribution < -0.4 is 0 Å². The SMILES string of the molecule is CCc1c(C(=O)Cc2ccc3ccccc3n2)nnn1-c1ccccc1F. The maximum absolute atomic E-state index is 14.1. The van der Waals surface area contributed by atoms with Gasteiger partial charge in [-0.15, -0.1) is 5.10 Å². The van der Waals surface area contributed by atoms with E-state index in [0.717, 1.165) is 10.9 Å². The second kappa shape index (κ2) is 7.07. The molecule has 6 heteroatoms. The van der Waals surface area contributed by atoms with E-state index in [0.29, 0.717) is 17.8 Å². The topological polar surface area (TPSA) is 60.7 Å². The standard InChI is InChI=1S/C21H17FN4O/c1-2-18-21(24-25-26(18)19-10-6-4-8-16(19)22)20(27)13-15-12-11-14-7-3-5-9-17(14)23-15/h3-12H,2,13H2,1H3. The summed E-state index contributed by atoms with van der Waals surface area (Å²) in [5, 5.41) is 9.07. The Morgan fingerprint density at radius 1 is 1.04 bits per heavy atom. The van der Waals surface area contributed by atoms with Crippen molar-refractivity contribution in [3.63, 3.8) is 0 Å². The molecule has 4 aromatic rings. The van der Waals surface area contributed by atoms with Crippen molar-refractivity contribution in [3.05, 3.63) is 83.6 Å². The highest BCUT2D eigenvalue weighted by Crippen LogP contribution is 2.19. The van der Waals surface area contributed by atoms with E-state index in [9.17, 15) is 9.18 Å². The van der Waals surface area contributed by atoms with E-state index in [4.69, 9.17) is 0 Å². The summed E-state index contributed by atoms with van der Waals surface area (Å²) in [5.41, 5.74) is 2.64. The van der Waals surface area contributed by atoms with Crippen LogP contribution in [-0.4, -0.2) is 25.8 Å². The summed E-state index contributed by atoms with van der Waals surface area (Å²) in [6, 6.07) is 17.8. The Morgan fingerprint density at radius 3 is 2.63 bits per heavy atom. The average Bonchev–Trinajstić information content (AvgIpc) is 3.12. The Bertz CT molecular complexity index is 1140. The first kappa shape index (κ1) is 17.0. The third-order valence-corrected chi connectivity index (χ3v) is 4.44. The number of Topliss-reactive ketones (excluding diaryl/α,β-unsaturated/α-hetero) is 1. The molecule has 4 rings (SSSR count). The molecule has 27 heavy (non-hydrogen) atoms. The van der Waals surface area contributed by atoms with Crippen LogP contribution in [0.4, 0.5) is 4.39 Å². The Balaban J connectivity index is 1.66. The molecule has 0 N–H and O–H groups in total. The van der Waals surface area contributed by atoms with Gasteiger partial charge in [0.2, 0.25) is 0 Å². The van der Waals surface area contributed by atoms with Gasteiger partial charge in [0.1, 0.15) is 11.5 Å². The molecular formula is C21H17FN4O. The van der Waals surface area contributed by atoms with Gasteiger partial charge in [-0.05, 0) is 30.7 Å². The average molecular weight is 360 g/mol. The van der Waals surface area contributed by atoms with Crippen molar-refractivity contribution in [1.82, 2.24) is 20.0 Å². The minimum absolute atomic E-state index is 0.119. The van der Waals surface area contributed by atoms with Crippen molar-refractivity contribution in [3.8, 4) is 5.69 Å². The van der Waals surface area contributed by atoms with Crippen LogP contribution in [0.5, 0.6) is 0 Å². The van der Waals surface area contributed by atoms with E-state index in [1.807, 2.05) is 43.3 Å². The summed E-state index contributed by atoms with van der Waals surface area (Å²) in [6.07, 6.45) is 0.626. The first-order valence-electron chi connectivity index (χ1n) is 8.74. The van der Waals surface area contributed by atoms with Gasteiger partial charge >= 0.3 is 0 Å². The van der Waals surface area contributed by atoms with Crippen LogP contribution in [0.3, 0.4) is 0 Å². The first-order chi connectivity index (χ1) is 13.2. The van der Waals surface area contributed by atoms with Crippen molar-refractivity contribution in [2.24, 2.45) is 0 Å². The number of hydrogen-bond acceptors (Lipinski definition) is 4. The zero-order valence-corrected chi connectivity index (χ0v) is 14.8. The van der Waals surface area contributed by atoms with Crippen LogP contribution >= 0.6 is 0 Å². The molecule has 0 fully saturated rings. The molecule has 2 aromatic carbocycles. The Morgan fingerprint density at radius 2 is 1.81 bits per heavy atom. The van der Waals surface area contributed by atoms with E-state index in [-0.39, 0.29) is 23.6 Å². The number of para-hydroxylation sites is 2. The highest BCUT2D eigenvalue weighted by Gasteiger charge is 2.21. The van der Waals surface area contributed by atoms with Gasteiger partial charge in [0, 0.05) is 11.1 Å². The minimum Gasteiger partial charge on any atom is -0.292 e. The van der Waals surface area contributed by atoms with Gasteiger partial charge in [0.05, 0.1) is 17.6 Å². The number of aromatic nitrogens is 4. The lowest BCUT2D eigenvalue weighted by Gasteiger charge is -2.07. The van der Waals surface area contributed by atoms with Crippen LogP contribution in [0, 0.1) is 5.82 Å². The molecule has 0 bridgehead atoms. The molecule has 134 valence electrons. The molecule has 2 heterocycles. The molecular weight excluding hydrogens is 343 g/mol. The van der Waals surface area contributed by atoms with Crippen molar-refractivity contribution in [1.29, 1.82) is 0 Å². The highest BCUT2D eigenvalue weighted by atomic mass is 19.1. The summed E-state index contributed by atoms with van der Waals surface area (Å²) in [4.78, 5) is 17.3. The van der Waals surface area contributed by atoms with E-state index >= 15 is 0 Å². The quantitative estimate of drug-likeness (QED) is 0.506. The Labute approximate surface area is 155 Å². The van der Waals surface area contributed by atoms with Crippen LogP contribution in [0.25, 0.3) is 16.6 Å². The van der Waals surface area contributed by atoms with Gasteiger partial charge < -0.3 is 0 Å². The highest BCUT2D eigenvalue weighted by molar-refractivity contribution is 5.96. The molecule has 0 unspecified atom stereocenters. The molecule has 0 aliphatic heterocycles. The fourth-order valence-corrected chi connectivity index (χ4v) is 3.11. The predicted octanol–water partition coefficient (Wildman–Crippen LogP) is 3.94. The largest absolute Gasteiger partial charge is 0.292 e. The van der Waals surface area contributed by atoms with Crippen LogP contribution in [0.15, 0.2) is 60.7 Å². The van der Waals surface area contributed by atoms with Gasteiger partial charge in [0.25, 0.3) is 0 Å². The minimum atomic E-state index is -0.410. The lowest BCUT2D eigenvalue weighted by atomic mass is 10.1. The normalized spacial score (nSPS) is 11.0. The number of rotatable bonds is 5. The van der Waals surface area contributed by atoms with Crippen molar-refractivity contribution in [2.75, 3.05) is 0 Å². The monoisotopic (exact) mass is 360 g/mol. The fourth-order valence-electron chi connectivity index (χ4n) is 3.11. The van der Waals surface area contributed by atoms with Crippen molar-refractivity contribution >= 4 is 16.7 Å². The molecule has 0 saturated heterocycles. The number of ketones is 1. The van der Waals surface area contributed by atoms with E-state index in [2.05, 4.69) is 15.3 Å². The van der Waals surface area contributed by atoms with Crippen molar-refractivity contribution in [2.45, 2.75) is 19.8 Å². The lowest BCUT2D eigenvalue weighted by molar-refractivity contribution is 0.0986. The van der Waals surface area contributed by atoms with Gasteiger partial charge in [-0.1, -0.05) is 48.5 Å². The van der Waals surface area contributed by atoms with Crippen molar-refractivity contribution < 1.29 is 9.18 Å². The molecule has 0 amide bonds. The van der Waals surface area contributed by atoms with Gasteiger partial charge in [-0.2, -0.15) is 0 Å². The molecule has 0 aliphatic carbocycles. The molecule has 0 aliphatic rings. The number of pyridine rings is 1. The molecule has 5 nitrogen and oxygen atoms in total. The number of fused-ring (bicyclic) bond motifs is 1. The molecule has 0 spiro atoms. The molecule has 2 aromatic heterocycles. The number of benzene rings is 2. The van der Waals surface area contributed by atoms with E-state index < -0.39 is 5.82 Å². The summed E-state index contributed by atoms with van der Waals surface area (Å²) in [7, 11) is 0. The fraction of sp³-hybridized carbons (Fsp3) is 0.143. The number of carbonyl (C=O) groups excluding carboxylic acids is 1. The summed E-state index contributed by atoms with van der Waals surface area (Å²) in [5.74, 6) is -0.593. The van der Waals surface area contributed by atoms with Gasteiger partial charge in [0.15, 0.2) is 11.5 Å². The molecule has 0 radical (unpaired) electrons. The molecule has 0 atom stereocenters. The zero-order chi connectivity index (χ0) is 18.8. The third kappa shape index (κ3) is 3.21. The first-order valence-corrected chi connectivity index (χ1v) is 8.74. The summed E-state index contributed by atoms with van der Waals surface area (Å²) >= 11 is 0. The second-order valence-corrected chi connectivity index (χ2v) is 6.20. The van der Waals surface area contributed by atoms with Crippen LogP contribution in [0.1, 0.15) is 28.8 Å². The zero-order valence-electron chi connectivity index (χ0n) is 14.8. The smallest absolute Gasteiger partial charge is 0.190 e. The predicted molar refractivity (Wildman–Crippen MR) is 100 cm³/mol. The second-order valence-electron chi connectivity index (χ2n) is 6.20. The lowest BCUT2D eigenvalue weighted by Crippen LogP contribution is -2.10. The van der Waals surface area contributed by atoms with Crippen LogP contribution in [-0.2, 0) is 12.8 Å². The number of hydrogen-bond donors (Lipinski definition) is 0. The summed E-state index contributed by atoms with van der Waals surface area (Å²) < 4.78 is 15.5. The number of nitrogens with zero attached hydrogens (tertiary/aromatic N) is 4. The Hall–Kier alpha value is -3.41. The maximum Gasteiger partial charge on any atom is 0.190 e. The van der Waals surface area contributed by atoms with E-state index in [1.165, 1.54) is 10.7 Å². The molecule has 0 saturated carbocycles. The number of halogens is 1. The Kier molecular flexibility index (Phi) is 4.46. The van der Waals surface area contributed by atoms with Crippen LogP contribution in [0.2, 0.25) is 0 Å². The van der Waals surface area contributed by atoms with Gasteiger partial charge in [-0.3, -0.25) is 9.78 Å². The number of carbonyl (C=O) groups is 1. The maximum atomic E-state index is 14.1. The van der Waals surface area contributed by atoms with E-state index in [1.54, 1.807) is 18.2 Å².